The first kappa shape index (κ1) is 22.4. The highest BCUT2D eigenvalue weighted by atomic mass is 16.3. The molecule has 9 rings (SSSR count). The molecule has 6 aromatic carbocycles. The summed E-state index contributed by atoms with van der Waals surface area (Å²) in [5.74, 6) is 0. The molecule has 2 aromatic heterocycles. The van der Waals surface area contributed by atoms with Crippen molar-refractivity contribution in [3.63, 3.8) is 0 Å². The summed E-state index contributed by atoms with van der Waals surface area (Å²) < 4.78 is 6.44. The molecule has 0 saturated heterocycles. The Morgan fingerprint density at radius 1 is 0.439 bits per heavy atom. The fraction of sp³-hybridized carbons (Fsp3) is 0. The van der Waals surface area contributed by atoms with E-state index in [-0.39, 0.29) is 0 Å². The maximum absolute atomic E-state index is 6.44. The molecule has 41 heavy (non-hydrogen) atoms. The molecule has 8 aromatic rings. The summed E-state index contributed by atoms with van der Waals surface area (Å²) in [6.07, 6.45) is 1.90. The molecule has 0 atom stereocenters. The van der Waals surface area contributed by atoms with E-state index in [0.717, 1.165) is 44.0 Å². The highest BCUT2D eigenvalue weighted by Gasteiger charge is 2.24. The standard InChI is InChI=1S/C39H23NO/c1-2-12-29-27(10-1)28-11-3-4-14-32(28)37-33(21-18-24-9-8-22-40-38(24)37)30-20-19-25(23-35(29)30)26-15-7-16-34-31-13-5-6-17-36(31)41-39(26)34/h1-23H. The number of aromatic nitrogens is 1. The van der Waals surface area contributed by atoms with E-state index in [4.69, 9.17) is 9.40 Å². The highest BCUT2D eigenvalue weighted by molar-refractivity contribution is 6.12. The van der Waals surface area contributed by atoms with Crippen LogP contribution < -0.4 is 0 Å². The lowest BCUT2D eigenvalue weighted by Gasteiger charge is -2.24. The van der Waals surface area contributed by atoms with Crippen LogP contribution in [-0.4, -0.2) is 4.98 Å². The van der Waals surface area contributed by atoms with Crippen LogP contribution >= 0.6 is 0 Å². The van der Waals surface area contributed by atoms with E-state index in [1.54, 1.807) is 0 Å². The van der Waals surface area contributed by atoms with Gasteiger partial charge in [0, 0.05) is 33.5 Å². The zero-order chi connectivity index (χ0) is 26.9. The minimum atomic E-state index is 0.913. The second-order valence-corrected chi connectivity index (χ2v) is 10.7. The zero-order valence-corrected chi connectivity index (χ0v) is 22.1. The molecule has 2 heterocycles. The summed E-state index contributed by atoms with van der Waals surface area (Å²) in [6.45, 7) is 0. The molecule has 0 bridgehead atoms. The van der Waals surface area contributed by atoms with Gasteiger partial charge < -0.3 is 4.42 Å². The Labute approximate surface area is 237 Å². The average Bonchev–Trinajstić information content (AvgIpc) is 3.42. The number of nitrogens with zero attached hydrogens (tertiary/aromatic N) is 1. The van der Waals surface area contributed by atoms with Crippen LogP contribution in [0.5, 0.6) is 0 Å². The number of fused-ring (bicyclic) bond motifs is 13. The predicted octanol–water partition coefficient (Wildman–Crippen LogP) is 10.8. The Hall–Kier alpha value is -5.47. The molecule has 0 saturated carbocycles. The maximum Gasteiger partial charge on any atom is 0.143 e. The molecule has 1 aliphatic carbocycles. The normalized spacial score (nSPS) is 11.9. The number of hydrogen-bond donors (Lipinski definition) is 0. The van der Waals surface area contributed by atoms with Crippen LogP contribution in [0.2, 0.25) is 0 Å². The minimum absolute atomic E-state index is 0.913. The smallest absolute Gasteiger partial charge is 0.143 e. The van der Waals surface area contributed by atoms with E-state index in [2.05, 4.69) is 115 Å². The minimum Gasteiger partial charge on any atom is -0.455 e. The Bertz CT molecular complexity index is 2320. The largest absolute Gasteiger partial charge is 0.455 e. The predicted molar refractivity (Wildman–Crippen MR) is 170 cm³/mol. The van der Waals surface area contributed by atoms with Gasteiger partial charge in [-0.3, -0.25) is 4.98 Å². The number of rotatable bonds is 1. The van der Waals surface area contributed by atoms with Crippen molar-refractivity contribution in [3.05, 3.63) is 140 Å². The molecule has 0 unspecified atom stereocenters. The van der Waals surface area contributed by atoms with Gasteiger partial charge >= 0.3 is 0 Å². The van der Waals surface area contributed by atoms with Crippen molar-refractivity contribution in [3.8, 4) is 55.6 Å². The number of hydrogen-bond acceptors (Lipinski definition) is 2. The third kappa shape index (κ3) is 3.22. The first-order valence-electron chi connectivity index (χ1n) is 14.0. The lowest BCUT2D eigenvalue weighted by Crippen LogP contribution is -1.99. The second kappa shape index (κ2) is 8.51. The third-order valence-corrected chi connectivity index (χ3v) is 8.50. The van der Waals surface area contributed by atoms with Gasteiger partial charge in [-0.25, -0.2) is 0 Å². The molecule has 2 heteroatoms. The number of para-hydroxylation sites is 2. The topological polar surface area (TPSA) is 26.0 Å². The molecule has 190 valence electrons. The summed E-state index contributed by atoms with van der Waals surface area (Å²) in [6, 6.07) is 47.7. The Morgan fingerprint density at radius 3 is 1.98 bits per heavy atom. The average molecular weight is 522 g/mol. The van der Waals surface area contributed by atoms with Crippen molar-refractivity contribution in [2.45, 2.75) is 0 Å². The van der Waals surface area contributed by atoms with E-state index in [1.165, 1.54) is 44.5 Å². The molecule has 1 aliphatic rings. The summed E-state index contributed by atoms with van der Waals surface area (Å²) in [5.41, 5.74) is 14.8. The first-order chi connectivity index (χ1) is 20.3. The van der Waals surface area contributed by atoms with E-state index >= 15 is 0 Å². The van der Waals surface area contributed by atoms with Crippen molar-refractivity contribution in [2.75, 3.05) is 0 Å². The molecular formula is C39H23NO. The van der Waals surface area contributed by atoms with Gasteiger partial charge in [0.05, 0.1) is 5.52 Å². The van der Waals surface area contributed by atoms with E-state index < -0.39 is 0 Å². The van der Waals surface area contributed by atoms with Crippen molar-refractivity contribution < 1.29 is 4.42 Å². The van der Waals surface area contributed by atoms with Gasteiger partial charge in [0.1, 0.15) is 11.2 Å². The molecule has 2 nitrogen and oxygen atoms in total. The summed E-state index contributed by atoms with van der Waals surface area (Å²) in [4.78, 5) is 4.90. The van der Waals surface area contributed by atoms with Crippen LogP contribution in [0.4, 0.5) is 0 Å². The molecule has 0 spiro atoms. The fourth-order valence-electron chi connectivity index (χ4n) is 6.68. The van der Waals surface area contributed by atoms with Crippen LogP contribution in [0.25, 0.3) is 88.5 Å². The fourth-order valence-corrected chi connectivity index (χ4v) is 6.68. The third-order valence-electron chi connectivity index (χ3n) is 8.50. The van der Waals surface area contributed by atoms with Gasteiger partial charge in [-0.05, 0) is 62.7 Å². The van der Waals surface area contributed by atoms with Crippen LogP contribution in [0.15, 0.2) is 144 Å². The van der Waals surface area contributed by atoms with Crippen LogP contribution in [0, 0.1) is 0 Å². The van der Waals surface area contributed by atoms with Crippen LogP contribution in [-0.2, 0) is 0 Å². The monoisotopic (exact) mass is 521 g/mol. The van der Waals surface area contributed by atoms with E-state index in [0.29, 0.717) is 0 Å². The quantitative estimate of drug-likeness (QED) is 0.215. The van der Waals surface area contributed by atoms with E-state index in [1.807, 2.05) is 24.4 Å². The molecule has 0 amide bonds. The van der Waals surface area contributed by atoms with Crippen molar-refractivity contribution >= 4 is 32.8 Å². The number of furan rings is 1. The van der Waals surface area contributed by atoms with E-state index in [9.17, 15) is 0 Å². The lowest BCUT2D eigenvalue weighted by molar-refractivity contribution is 0.670. The van der Waals surface area contributed by atoms with Gasteiger partial charge in [0.25, 0.3) is 0 Å². The molecular weight excluding hydrogens is 498 g/mol. The number of benzene rings is 6. The molecule has 0 aliphatic heterocycles. The Kier molecular flexibility index (Phi) is 4.64. The van der Waals surface area contributed by atoms with Gasteiger partial charge in [-0.1, -0.05) is 115 Å². The highest BCUT2D eigenvalue weighted by Crippen LogP contribution is 2.50. The van der Waals surface area contributed by atoms with Crippen LogP contribution in [0.1, 0.15) is 0 Å². The summed E-state index contributed by atoms with van der Waals surface area (Å²) in [5, 5.41) is 3.43. The summed E-state index contributed by atoms with van der Waals surface area (Å²) in [7, 11) is 0. The van der Waals surface area contributed by atoms with Crippen molar-refractivity contribution in [2.24, 2.45) is 0 Å². The van der Waals surface area contributed by atoms with Crippen molar-refractivity contribution in [1.29, 1.82) is 0 Å². The summed E-state index contributed by atoms with van der Waals surface area (Å²) >= 11 is 0. The Balaban J connectivity index is 1.39. The number of pyridine rings is 1. The zero-order valence-electron chi connectivity index (χ0n) is 22.1. The molecule has 0 radical (unpaired) electrons. The van der Waals surface area contributed by atoms with Gasteiger partial charge in [-0.2, -0.15) is 0 Å². The SMILES string of the molecule is c1ccc2c(c1)-c1cc(-c3cccc4c3oc3ccccc34)ccc1-c1ccc3cccnc3c1-c1ccccc1-2. The molecule has 0 fully saturated rings. The first-order valence-corrected chi connectivity index (χ1v) is 14.0. The maximum atomic E-state index is 6.44. The van der Waals surface area contributed by atoms with Gasteiger partial charge in [0.2, 0.25) is 0 Å². The van der Waals surface area contributed by atoms with Gasteiger partial charge in [-0.15, -0.1) is 0 Å². The molecule has 0 N–H and O–H groups in total. The lowest BCUT2D eigenvalue weighted by atomic mass is 9.79. The Morgan fingerprint density at radius 2 is 1.10 bits per heavy atom. The van der Waals surface area contributed by atoms with Crippen molar-refractivity contribution in [1.82, 2.24) is 4.98 Å². The second-order valence-electron chi connectivity index (χ2n) is 10.7. The van der Waals surface area contributed by atoms with Crippen LogP contribution in [0.3, 0.4) is 0 Å². The van der Waals surface area contributed by atoms with Gasteiger partial charge in [0.15, 0.2) is 0 Å².